The Morgan fingerprint density at radius 2 is 1.03 bits per heavy atom. The highest BCUT2D eigenvalue weighted by atomic mass is 31.2. The molecule has 0 aliphatic heterocycles. The minimum Gasteiger partial charge on any atom is -0.391 e. The summed E-state index contributed by atoms with van der Waals surface area (Å²) in [5.74, 6) is -0.151. The summed E-state index contributed by atoms with van der Waals surface area (Å²) in [7, 11) is 1.61. The van der Waals surface area contributed by atoms with Crippen LogP contribution in [0.1, 0.15) is 206 Å². The molecule has 0 aromatic rings. The Bertz CT molecular complexity index is 1090. The maximum Gasteiger partial charge on any atom is 0.472 e. The van der Waals surface area contributed by atoms with E-state index in [2.05, 4.69) is 67.8 Å². The number of carbonyl (C=O) groups is 1. The summed E-state index contributed by atoms with van der Waals surface area (Å²) in [4.78, 5) is 23.0. The lowest BCUT2D eigenvalue weighted by Crippen LogP contribution is -2.46. The average molecular weight is 838 g/mol. The second kappa shape index (κ2) is 40.8. The van der Waals surface area contributed by atoms with Crippen LogP contribution in [-0.4, -0.2) is 73.4 Å². The summed E-state index contributed by atoms with van der Waals surface area (Å²) >= 11 is 0. The zero-order valence-corrected chi connectivity index (χ0v) is 39.4. The molecule has 340 valence electrons. The van der Waals surface area contributed by atoms with E-state index in [1.54, 1.807) is 0 Å². The quantitative estimate of drug-likeness (QED) is 0.0244. The summed E-state index contributed by atoms with van der Waals surface area (Å²) in [5.41, 5.74) is 0. The van der Waals surface area contributed by atoms with Crippen molar-refractivity contribution in [2.75, 3.05) is 40.9 Å². The van der Waals surface area contributed by atoms with Crippen molar-refractivity contribution in [2.45, 2.75) is 219 Å². The highest BCUT2D eigenvalue weighted by Crippen LogP contribution is 2.43. The maximum absolute atomic E-state index is 12.8. The largest absolute Gasteiger partial charge is 0.472 e. The first-order chi connectivity index (χ1) is 28.0. The highest BCUT2D eigenvalue weighted by molar-refractivity contribution is 7.47. The van der Waals surface area contributed by atoms with Gasteiger partial charge in [-0.25, -0.2) is 4.57 Å². The van der Waals surface area contributed by atoms with Crippen molar-refractivity contribution >= 4 is 13.7 Å². The van der Waals surface area contributed by atoms with Gasteiger partial charge in [0.1, 0.15) is 13.2 Å². The van der Waals surface area contributed by atoms with E-state index in [0.717, 1.165) is 77.0 Å². The number of unbranched alkanes of at least 4 members (excludes halogenated alkanes) is 22. The van der Waals surface area contributed by atoms with Crippen molar-refractivity contribution in [3.05, 3.63) is 48.6 Å². The Morgan fingerprint density at radius 3 is 1.52 bits per heavy atom. The van der Waals surface area contributed by atoms with Crippen LogP contribution in [0.5, 0.6) is 0 Å². The van der Waals surface area contributed by atoms with Gasteiger partial charge in [-0.1, -0.05) is 197 Å². The van der Waals surface area contributed by atoms with Crippen LogP contribution in [0.15, 0.2) is 48.6 Å². The van der Waals surface area contributed by atoms with Crippen LogP contribution in [0.25, 0.3) is 0 Å². The molecule has 0 fully saturated rings. The van der Waals surface area contributed by atoms with Crippen molar-refractivity contribution in [1.29, 1.82) is 0 Å². The number of carbonyl (C=O) groups excluding carboxylic acids is 1. The number of nitrogens with one attached hydrogen (secondary N) is 1. The van der Waals surface area contributed by atoms with E-state index in [-0.39, 0.29) is 19.1 Å². The van der Waals surface area contributed by atoms with E-state index in [0.29, 0.717) is 23.9 Å². The van der Waals surface area contributed by atoms with Gasteiger partial charge in [-0.05, 0) is 51.4 Å². The molecule has 0 bridgehead atoms. The minimum absolute atomic E-state index is 0.0738. The lowest BCUT2D eigenvalue weighted by atomic mass is 10.0. The van der Waals surface area contributed by atoms with Gasteiger partial charge in [0, 0.05) is 6.42 Å². The number of phosphoric ester groups is 1. The first-order valence-corrected chi connectivity index (χ1v) is 25.5. The zero-order chi connectivity index (χ0) is 42.8. The number of phosphoric acid groups is 1. The van der Waals surface area contributed by atoms with Gasteiger partial charge in [-0.2, -0.15) is 0 Å². The summed E-state index contributed by atoms with van der Waals surface area (Å²) in [6, 6.07) is -0.755. The van der Waals surface area contributed by atoms with E-state index in [9.17, 15) is 19.4 Å². The maximum atomic E-state index is 12.8. The van der Waals surface area contributed by atoms with Crippen LogP contribution in [-0.2, 0) is 18.4 Å². The van der Waals surface area contributed by atoms with E-state index >= 15 is 0 Å². The van der Waals surface area contributed by atoms with E-state index in [1.807, 2.05) is 21.1 Å². The number of allylic oxidation sites excluding steroid dienone is 8. The molecule has 3 N–H and O–H groups in total. The fourth-order valence-corrected chi connectivity index (χ4v) is 7.54. The molecule has 0 aliphatic carbocycles. The molecule has 3 atom stereocenters. The number of hydrogen-bond acceptors (Lipinski definition) is 5. The van der Waals surface area contributed by atoms with Crippen molar-refractivity contribution in [1.82, 2.24) is 5.32 Å². The summed E-state index contributed by atoms with van der Waals surface area (Å²) in [6.45, 7) is 4.68. The normalized spacial score (nSPS) is 14.7. The number of hydrogen-bond donors (Lipinski definition) is 3. The van der Waals surface area contributed by atoms with Crippen molar-refractivity contribution in [3.63, 3.8) is 0 Å². The molecule has 0 saturated carbocycles. The van der Waals surface area contributed by atoms with Gasteiger partial charge in [-0.3, -0.25) is 13.8 Å². The van der Waals surface area contributed by atoms with Gasteiger partial charge in [0.15, 0.2) is 0 Å². The molecule has 0 spiro atoms. The molecule has 0 aromatic heterocycles. The number of aliphatic hydroxyl groups excluding tert-OH is 1. The highest BCUT2D eigenvalue weighted by Gasteiger charge is 2.28. The molecule has 0 heterocycles. The third-order valence-electron chi connectivity index (χ3n) is 10.6. The molecule has 8 nitrogen and oxygen atoms in total. The smallest absolute Gasteiger partial charge is 0.391 e. The number of quaternary nitrogens is 1. The first kappa shape index (κ1) is 56.5. The number of aliphatic hydroxyl groups is 1. The third-order valence-corrected chi connectivity index (χ3v) is 11.6. The van der Waals surface area contributed by atoms with Crippen molar-refractivity contribution in [3.8, 4) is 0 Å². The van der Waals surface area contributed by atoms with E-state index in [4.69, 9.17) is 9.05 Å². The van der Waals surface area contributed by atoms with Gasteiger partial charge in [0.05, 0.1) is 39.9 Å². The molecule has 58 heavy (non-hydrogen) atoms. The first-order valence-electron chi connectivity index (χ1n) is 24.0. The second-order valence-corrected chi connectivity index (χ2v) is 18.9. The molecule has 0 aliphatic rings. The van der Waals surface area contributed by atoms with Gasteiger partial charge in [0.25, 0.3) is 0 Å². The lowest BCUT2D eigenvalue weighted by Gasteiger charge is -2.26. The van der Waals surface area contributed by atoms with Crippen LogP contribution < -0.4 is 5.32 Å². The zero-order valence-electron chi connectivity index (χ0n) is 38.5. The predicted octanol–water partition coefficient (Wildman–Crippen LogP) is 13.6. The molecule has 1 amide bonds. The second-order valence-electron chi connectivity index (χ2n) is 17.5. The van der Waals surface area contributed by atoms with Gasteiger partial charge in [-0.15, -0.1) is 0 Å². The van der Waals surface area contributed by atoms with Crippen molar-refractivity contribution in [2.24, 2.45) is 0 Å². The molecule has 0 rings (SSSR count). The van der Waals surface area contributed by atoms with Gasteiger partial charge >= 0.3 is 7.82 Å². The number of rotatable bonds is 43. The fraction of sp³-hybridized carbons (Fsp3) is 0.816. The van der Waals surface area contributed by atoms with Crippen LogP contribution >= 0.6 is 7.82 Å². The SMILES string of the molecule is CC/C=C\C/C=C\C/C=C\C/C=C\CCCCCCCCCCCCCCCCCCCCC(=O)NC(COP(=O)(O)OCC[N+](C)(C)C)C(O)CCCCCCC. The fourth-order valence-electron chi connectivity index (χ4n) is 6.80. The molecule has 3 unspecified atom stereocenters. The lowest BCUT2D eigenvalue weighted by molar-refractivity contribution is -0.870. The Balaban J connectivity index is 3.84. The standard InChI is InChI=1S/C49H93N2O6P/c1-6-8-10-12-13-14-15-16-17-18-19-20-21-22-23-24-25-26-27-28-29-30-31-32-33-34-35-36-37-39-41-43-49(53)50-47(48(52)42-40-38-11-9-7-2)46-57-58(54,55)56-45-44-51(3,4)5/h8,10,13-14,16-17,19-20,47-48,52H,6-7,9,11-12,15,18,21-46H2,1-5H3,(H-,50,53,54,55)/p+1/b10-8-,14-13-,17-16-,20-19-. The molecule has 9 heteroatoms. The summed E-state index contributed by atoms with van der Waals surface area (Å²) in [5, 5.41) is 13.8. The molecule has 0 aromatic carbocycles. The van der Waals surface area contributed by atoms with Crippen LogP contribution in [0.2, 0.25) is 0 Å². The molecular formula is C49H94N2O6P+. The molecule has 0 radical (unpaired) electrons. The Labute approximate surface area is 359 Å². The predicted molar refractivity (Wildman–Crippen MR) is 249 cm³/mol. The summed E-state index contributed by atoms with van der Waals surface area (Å²) in [6.07, 6.45) is 52.1. The van der Waals surface area contributed by atoms with Crippen molar-refractivity contribution < 1.29 is 32.9 Å². The number of amides is 1. The number of likely N-dealkylation sites (N-methyl/N-ethyl adjacent to an activating group) is 1. The van der Waals surface area contributed by atoms with Gasteiger partial charge in [0.2, 0.25) is 5.91 Å². The van der Waals surface area contributed by atoms with Crippen LogP contribution in [0.4, 0.5) is 0 Å². The van der Waals surface area contributed by atoms with E-state index in [1.165, 1.54) is 103 Å². The van der Waals surface area contributed by atoms with E-state index < -0.39 is 20.0 Å². The molecule has 0 saturated heterocycles. The minimum atomic E-state index is -4.30. The van der Waals surface area contributed by atoms with Crippen LogP contribution in [0, 0.1) is 0 Å². The monoisotopic (exact) mass is 838 g/mol. The topological polar surface area (TPSA) is 105 Å². The summed E-state index contributed by atoms with van der Waals surface area (Å²) < 4.78 is 23.4. The van der Waals surface area contributed by atoms with Gasteiger partial charge < -0.3 is 19.8 Å². The third kappa shape index (κ3) is 42.6. The molecular weight excluding hydrogens is 744 g/mol. The Kier molecular flexibility index (Phi) is 39.8. The Morgan fingerprint density at radius 1 is 0.603 bits per heavy atom. The Hall–Kier alpha value is -1.54. The number of nitrogens with zero attached hydrogens (tertiary/aromatic N) is 1. The van der Waals surface area contributed by atoms with Crippen LogP contribution in [0.3, 0.4) is 0 Å². The average Bonchev–Trinajstić information content (AvgIpc) is 3.17.